The van der Waals surface area contributed by atoms with Crippen LogP contribution in [0.5, 0.6) is 0 Å². The van der Waals surface area contributed by atoms with Crippen LogP contribution in [0.2, 0.25) is 0 Å². The Kier molecular flexibility index (Phi) is 5.21. The largest absolute Gasteiger partial charge is 0.478 e. The highest BCUT2D eigenvalue weighted by atomic mass is 16.4. The second-order valence-electron chi connectivity index (χ2n) is 5.91. The third kappa shape index (κ3) is 4.06. The number of anilines is 2. The summed E-state index contributed by atoms with van der Waals surface area (Å²) < 4.78 is 2.91. The lowest BCUT2D eigenvalue weighted by Crippen LogP contribution is -2.16. The molecule has 10 heteroatoms. The molecule has 0 radical (unpaired) electrons. The molecule has 10 nitrogen and oxygen atoms in total. The number of nitrogens with one attached hydrogen (secondary N) is 2. The minimum Gasteiger partial charge on any atom is -0.478 e. The van der Waals surface area contributed by atoms with Gasteiger partial charge in [0, 0.05) is 37.4 Å². The molecule has 0 saturated carbocycles. The quantitative estimate of drug-likeness (QED) is 0.596. The molecule has 0 aliphatic carbocycles. The second kappa shape index (κ2) is 7.74. The van der Waals surface area contributed by atoms with Crippen LogP contribution in [-0.2, 0) is 13.6 Å². The smallest absolute Gasteiger partial charge is 0.339 e. The fourth-order valence-corrected chi connectivity index (χ4v) is 2.49. The normalized spacial score (nSPS) is 10.5. The zero-order valence-electron chi connectivity index (χ0n) is 15.2. The summed E-state index contributed by atoms with van der Waals surface area (Å²) >= 11 is 0. The van der Waals surface area contributed by atoms with Gasteiger partial charge in [-0.05, 0) is 37.3 Å². The van der Waals surface area contributed by atoms with Crippen molar-refractivity contribution in [1.82, 2.24) is 19.6 Å². The van der Waals surface area contributed by atoms with E-state index in [1.165, 1.54) is 17.9 Å². The average molecular weight is 382 g/mol. The molecule has 0 spiro atoms. The first-order chi connectivity index (χ1) is 13.4. The predicted molar refractivity (Wildman–Crippen MR) is 100 cm³/mol. The fourth-order valence-electron chi connectivity index (χ4n) is 2.49. The van der Waals surface area contributed by atoms with E-state index in [0.29, 0.717) is 23.6 Å². The van der Waals surface area contributed by atoms with Crippen LogP contribution in [-0.4, -0.2) is 42.5 Å². The third-order valence-corrected chi connectivity index (χ3v) is 3.87. The summed E-state index contributed by atoms with van der Waals surface area (Å²) in [4.78, 5) is 35.7. The Bertz CT molecular complexity index is 1030. The molecule has 0 unspecified atom stereocenters. The Morgan fingerprint density at radius 2 is 1.61 bits per heavy atom. The van der Waals surface area contributed by atoms with Gasteiger partial charge in [-0.15, -0.1) is 0 Å². The molecule has 0 saturated heterocycles. The number of amides is 2. The van der Waals surface area contributed by atoms with E-state index in [1.807, 2.05) is 6.92 Å². The van der Waals surface area contributed by atoms with Gasteiger partial charge in [0.15, 0.2) is 11.4 Å². The molecule has 0 bridgehead atoms. The van der Waals surface area contributed by atoms with E-state index in [0.717, 1.165) is 0 Å². The van der Waals surface area contributed by atoms with E-state index >= 15 is 0 Å². The predicted octanol–water partition coefficient (Wildman–Crippen LogP) is 1.84. The molecule has 0 fully saturated rings. The molecule has 3 aromatic rings. The molecule has 3 N–H and O–H groups in total. The topological polar surface area (TPSA) is 131 Å². The zero-order chi connectivity index (χ0) is 20.3. The summed E-state index contributed by atoms with van der Waals surface area (Å²) in [5, 5.41) is 22.5. The van der Waals surface area contributed by atoms with Gasteiger partial charge >= 0.3 is 5.97 Å². The van der Waals surface area contributed by atoms with Crippen molar-refractivity contribution >= 4 is 29.2 Å². The van der Waals surface area contributed by atoms with Crippen LogP contribution in [0.1, 0.15) is 38.3 Å². The molecule has 28 heavy (non-hydrogen) atoms. The van der Waals surface area contributed by atoms with Crippen molar-refractivity contribution in [2.75, 3.05) is 10.6 Å². The lowest BCUT2D eigenvalue weighted by atomic mass is 10.2. The van der Waals surface area contributed by atoms with E-state index in [1.54, 1.807) is 41.2 Å². The van der Waals surface area contributed by atoms with Gasteiger partial charge in [0.2, 0.25) is 0 Å². The molecular formula is C18H18N6O4. The van der Waals surface area contributed by atoms with Crippen LogP contribution >= 0.6 is 0 Å². The summed E-state index contributed by atoms with van der Waals surface area (Å²) in [6, 6.07) is 8.02. The summed E-state index contributed by atoms with van der Waals surface area (Å²) in [7, 11) is 1.53. The van der Waals surface area contributed by atoms with Gasteiger partial charge in [0.05, 0.1) is 0 Å². The van der Waals surface area contributed by atoms with Gasteiger partial charge in [-0.3, -0.25) is 19.0 Å². The van der Waals surface area contributed by atoms with Gasteiger partial charge in [-0.2, -0.15) is 10.2 Å². The number of benzene rings is 1. The van der Waals surface area contributed by atoms with Crippen LogP contribution in [0.15, 0.2) is 42.7 Å². The number of carboxylic acid groups (broad SMARTS) is 1. The van der Waals surface area contributed by atoms with Crippen molar-refractivity contribution in [3.8, 4) is 0 Å². The number of hydrogen-bond donors (Lipinski definition) is 3. The summed E-state index contributed by atoms with van der Waals surface area (Å²) in [6.07, 6.45) is 2.98. The fraction of sp³-hybridized carbons (Fsp3) is 0.167. The molecule has 2 aromatic heterocycles. The zero-order valence-corrected chi connectivity index (χ0v) is 15.2. The van der Waals surface area contributed by atoms with Crippen molar-refractivity contribution < 1.29 is 19.5 Å². The van der Waals surface area contributed by atoms with Crippen molar-refractivity contribution in [3.63, 3.8) is 0 Å². The minimum atomic E-state index is -1.23. The molecule has 2 heterocycles. The second-order valence-corrected chi connectivity index (χ2v) is 5.91. The maximum absolute atomic E-state index is 12.3. The number of hydrogen-bond acceptors (Lipinski definition) is 5. The van der Waals surface area contributed by atoms with Crippen LogP contribution in [0, 0.1) is 0 Å². The Hall–Kier alpha value is -3.95. The maximum atomic E-state index is 12.3. The first-order valence-corrected chi connectivity index (χ1v) is 8.40. The van der Waals surface area contributed by atoms with Crippen LogP contribution in [0.4, 0.5) is 11.4 Å². The molecule has 0 aliphatic heterocycles. The van der Waals surface area contributed by atoms with E-state index in [9.17, 15) is 14.4 Å². The lowest BCUT2D eigenvalue weighted by Gasteiger charge is -2.07. The summed E-state index contributed by atoms with van der Waals surface area (Å²) in [6.45, 7) is 2.59. The van der Waals surface area contributed by atoms with Gasteiger partial charge in [0.1, 0.15) is 5.56 Å². The Labute approximate surface area is 159 Å². The van der Waals surface area contributed by atoms with Gasteiger partial charge in [-0.25, -0.2) is 4.79 Å². The molecule has 1 aromatic carbocycles. The maximum Gasteiger partial charge on any atom is 0.339 e. The third-order valence-electron chi connectivity index (χ3n) is 3.87. The van der Waals surface area contributed by atoms with E-state index in [4.69, 9.17) is 5.11 Å². The molecule has 0 aliphatic rings. The van der Waals surface area contributed by atoms with E-state index < -0.39 is 11.9 Å². The highest BCUT2D eigenvalue weighted by Gasteiger charge is 2.21. The highest BCUT2D eigenvalue weighted by Crippen LogP contribution is 2.16. The first kappa shape index (κ1) is 18.8. The minimum absolute atomic E-state index is 0.182. The molecule has 144 valence electrons. The summed E-state index contributed by atoms with van der Waals surface area (Å²) in [5.74, 6) is -2.22. The summed E-state index contributed by atoms with van der Waals surface area (Å²) in [5.41, 5.74) is 0.892. The van der Waals surface area contributed by atoms with Gasteiger partial charge in [-0.1, -0.05) is 0 Å². The van der Waals surface area contributed by atoms with Crippen molar-refractivity contribution in [2.45, 2.75) is 13.5 Å². The van der Waals surface area contributed by atoms with Gasteiger partial charge in [0.25, 0.3) is 11.8 Å². The number of aromatic nitrogens is 4. The van der Waals surface area contributed by atoms with Crippen LogP contribution < -0.4 is 10.6 Å². The van der Waals surface area contributed by atoms with Crippen LogP contribution in [0.3, 0.4) is 0 Å². The monoisotopic (exact) mass is 382 g/mol. The number of rotatable bonds is 6. The van der Waals surface area contributed by atoms with Crippen molar-refractivity contribution in [3.05, 3.63) is 59.7 Å². The SMILES string of the molecule is CCn1ccc(C(=O)Nc2ccc(NC(=O)c3nn(C)cc3C(=O)O)cc2)n1. The highest BCUT2D eigenvalue weighted by molar-refractivity contribution is 6.09. The van der Waals surface area contributed by atoms with Crippen LogP contribution in [0.25, 0.3) is 0 Å². The number of nitrogens with zero attached hydrogens (tertiary/aromatic N) is 4. The molecule has 2 amide bonds. The molecule has 3 rings (SSSR count). The number of aromatic carboxylic acids is 1. The van der Waals surface area contributed by atoms with E-state index in [-0.39, 0.29) is 17.2 Å². The first-order valence-electron chi connectivity index (χ1n) is 8.40. The van der Waals surface area contributed by atoms with Crippen molar-refractivity contribution in [2.24, 2.45) is 7.05 Å². The number of carbonyl (C=O) groups is 3. The lowest BCUT2D eigenvalue weighted by molar-refractivity contribution is 0.0692. The Morgan fingerprint density at radius 3 is 2.14 bits per heavy atom. The Morgan fingerprint density at radius 1 is 1.00 bits per heavy atom. The average Bonchev–Trinajstić information content (AvgIpc) is 3.30. The number of carbonyl (C=O) groups excluding carboxylic acids is 2. The molecular weight excluding hydrogens is 364 g/mol. The van der Waals surface area contributed by atoms with E-state index in [2.05, 4.69) is 20.8 Å². The number of carboxylic acids is 1. The standard InChI is InChI=1S/C18H18N6O4/c1-3-24-9-8-14(21-24)16(25)19-11-4-6-12(7-5-11)20-17(26)15-13(18(27)28)10-23(2)22-15/h4-10H,3H2,1-2H3,(H,19,25)(H,20,26)(H,27,28). The number of aryl methyl sites for hydroxylation is 2. The molecule has 0 atom stereocenters. The van der Waals surface area contributed by atoms with Crippen molar-refractivity contribution in [1.29, 1.82) is 0 Å². The Balaban J connectivity index is 1.66. The van der Waals surface area contributed by atoms with Gasteiger partial charge < -0.3 is 15.7 Å².